The molecule has 0 aromatic heterocycles. The molecule has 7 heteroatoms. The monoisotopic (exact) mass is 397 g/mol. The van der Waals surface area contributed by atoms with Gasteiger partial charge >= 0.3 is 6.03 Å². The maximum atomic E-state index is 12.4. The Balaban J connectivity index is 1.53. The molecule has 1 heterocycles. The predicted octanol–water partition coefficient (Wildman–Crippen LogP) is 5.00. The first-order valence-electron chi connectivity index (χ1n) is 7.99. The minimum atomic E-state index is -0.143. The Bertz CT molecular complexity index is 741. The summed E-state index contributed by atoms with van der Waals surface area (Å²) in [6.07, 6.45) is 0. The minimum absolute atomic E-state index is 0.143. The molecule has 0 atom stereocenters. The van der Waals surface area contributed by atoms with Crippen molar-refractivity contribution in [1.29, 1.82) is 0 Å². The second-order valence-corrected chi connectivity index (χ2v) is 7.22. The molecule has 132 valence electrons. The Kier molecular flexibility index (Phi) is 6.07. The van der Waals surface area contributed by atoms with Crippen LogP contribution in [0.3, 0.4) is 0 Å². The van der Waals surface area contributed by atoms with E-state index in [1.54, 1.807) is 23.1 Å². The van der Waals surface area contributed by atoms with Gasteiger partial charge in [-0.05, 0) is 29.8 Å². The fourth-order valence-electron chi connectivity index (χ4n) is 2.81. The number of rotatable bonds is 3. The lowest BCUT2D eigenvalue weighted by molar-refractivity contribution is 0.143. The average Bonchev–Trinajstić information content (AvgIpc) is 2.56. The SMILES string of the molecule is O=C(Nc1cc(Cl)cc(Cl)c1)N1CCN(Cc2ccccc2Cl)CC1. The highest BCUT2D eigenvalue weighted by molar-refractivity contribution is 6.35. The number of carbonyl (C=O) groups excluding carboxylic acids is 1. The maximum absolute atomic E-state index is 12.4. The Hall–Kier alpha value is -1.46. The fraction of sp³-hybridized carbons (Fsp3) is 0.278. The molecule has 0 radical (unpaired) electrons. The Morgan fingerprint density at radius 3 is 2.24 bits per heavy atom. The number of benzene rings is 2. The third kappa shape index (κ3) is 5.02. The number of carbonyl (C=O) groups is 1. The molecule has 2 aromatic rings. The third-order valence-corrected chi connectivity index (χ3v) is 4.93. The summed E-state index contributed by atoms with van der Waals surface area (Å²) in [7, 11) is 0. The molecule has 0 unspecified atom stereocenters. The molecule has 0 spiro atoms. The van der Waals surface area contributed by atoms with Gasteiger partial charge in [0.2, 0.25) is 0 Å². The molecule has 0 saturated carbocycles. The summed E-state index contributed by atoms with van der Waals surface area (Å²) >= 11 is 18.1. The van der Waals surface area contributed by atoms with E-state index >= 15 is 0 Å². The van der Waals surface area contributed by atoms with Crippen molar-refractivity contribution in [3.63, 3.8) is 0 Å². The molecule has 1 aliphatic rings. The van der Waals surface area contributed by atoms with Gasteiger partial charge in [-0.1, -0.05) is 53.0 Å². The summed E-state index contributed by atoms with van der Waals surface area (Å²) in [6.45, 7) is 3.71. The molecule has 1 aliphatic heterocycles. The standard InChI is InChI=1S/C18H18Cl3N3O/c19-14-9-15(20)11-16(10-14)22-18(25)24-7-5-23(6-8-24)12-13-3-1-2-4-17(13)21/h1-4,9-11H,5-8,12H2,(H,22,25). The first-order valence-corrected chi connectivity index (χ1v) is 9.12. The van der Waals surface area contributed by atoms with Crippen molar-refractivity contribution in [2.45, 2.75) is 6.54 Å². The number of hydrogen-bond acceptors (Lipinski definition) is 2. The molecule has 4 nitrogen and oxygen atoms in total. The molecule has 2 aromatic carbocycles. The molecule has 1 saturated heterocycles. The normalized spacial score (nSPS) is 15.2. The van der Waals surface area contributed by atoms with Gasteiger partial charge < -0.3 is 10.2 Å². The largest absolute Gasteiger partial charge is 0.322 e. The van der Waals surface area contributed by atoms with Gasteiger partial charge in [0.25, 0.3) is 0 Å². The number of nitrogens with one attached hydrogen (secondary N) is 1. The fourth-order valence-corrected chi connectivity index (χ4v) is 3.53. The summed E-state index contributed by atoms with van der Waals surface area (Å²) < 4.78 is 0. The third-order valence-electron chi connectivity index (χ3n) is 4.13. The van der Waals surface area contributed by atoms with Crippen LogP contribution in [0.1, 0.15) is 5.56 Å². The summed E-state index contributed by atoms with van der Waals surface area (Å²) in [6, 6.07) is 12.7. The zero-order chi connectivity index (χ0) is 17.8. The van der Waals surface area contributed by atoms with Crippen LogP contribution in [0.15, 0.2) is 42.5 Å². The van der Waals surface area contributed by atoms with Crippen LogP contribution in [-0.2, 0) is 6.54 Å². The number of urea groups is 1. The molecule has 0 bridgehead atoms. The smallest absolute Gasteiger partial charge is 0.321 e. The summed E-state index contributed by atoms with van der Waals surface area (Å²) in [4.78, 5) is 16.5. The van der Waals surface area contributed by atoms with Crippen LogP contribution >= 0.6 is 34.8 Å². The van der Waals surface area contributed by atoms with E-state index in [0.29, 0.717) is 28.8 Å². The van der Waals surface area contributed by atoms with Gasteiger partial charge in [-0.3, -0.25) is 4.90 Å². The van der Waals surface area contributed by atoms with Crippen molar-refractivity contribution < 1.29 is 4.79 Å². The summed E-state index contributed by atoms with van der Waals surface area (Å²) in [5, 5.41) is 4.61. The first-order chi connectivity index (χ1) is 12.0. The summed E-state index contributed by atoms with van der Waals surface area (Å²) in [5.41, 5.74) is 1.71. The maximum Gasteiger partial charge on any atom is 0.321 e. The molecule has 1 N–H and O–H groups in total. The van der Waals surface area contributed by atoms with Gasteiger partial charge in [-0.15, -0.1) is 0 Å². The van der Waals surface area contributed by atoms with Crippen LogP contribution in [0.4, 0.5) is 10.5 Å². The van der Waals surface area contributed by atoms with E-state index in [9.17, 15) is 4.79 Å². The van der Waals surface area contributed by atoms with Gasteiger partial charge in [0, 0.05) is 53.5 Å². The van der Waals surface area contributed by atoms with E-state index in [4.69, 9.17) is 34.8 Å². The zero-order valence-corrected chi connectivity index (χ0v) is 15.8. The van der Waals surface area contributed by atoms with E-state index < -0.39 is 0 Å². The van der Waals surface area contributed by atoms with E-state index in [-0.39, 0.29) is 6.03 Å². The number of amides is 2. The lowest BCUT2D eigenvalue weighted by atomic mass is 10.2. The lowest BCUT2D eigenvalue weighted by Crippen LogP contribution is -2.49. The Labute approximate surface area is 162 Å². The van der Waals surface area contributed by atoms with Crippen molar-refractivity contribution >= 4 is 46.5 Å². The quantitative estimate of drug-likeness (QED) is 0.790. The van der Waals surface area contributed by atoms with Crippen LogP contribution in [0, 0.1) is 0 Å². The zero-order valence-electron chi connectivity index (χ0n) is 13.5. The molecule has 25 heavy (non-hydrogen) atoms. The van der Waals surface area contributed by atoms with E-state index in [1.165, 1.54) is 0 Å². The molecular formula is C18H18Cl3N3O. The number of nitrogens with zero attached hydrogens (tertiary/aromatic N) is 2. The highest BCUT2D eigenvalue weighted by Gasteiger charge is 2.21. The molecule has 0 aliphatic carbocycles. The van der Waals surface area contributed by atoms with E-state index in [1.807, 2.05) is 24.3 Å². The van der Waals surface area contributed by atoms with Gasteiger partial charge in [0.15, 0.2) is 0 Å². The minimum Gasteiger partial charge on any atom is -0.322 e. The topological polar surface area (TPSA) is 35.6 Å². The van der Waals surface area contributed by atoms with Crippen LogP contribution in [0.25, 0.3) is 0 Å². The van der Waals surface area contributed by atoms with Gasteiger partial charge in [0.05, 0.1) is 0 Å². The van der Waals surface area contributed by atoms with Crippen molar-refractivity contribution in [3.05, 3.63) is 63.1 Å². The number of hydrogen-bond donors (Lipinski definition) is 1. The van der Waals surface area contributed by atoms with Crippen molar-refractivity contribution in [1.82, 2.24) is 9.80 Å². The Morgan fingerprint density at radius 1 is 0.960 bits per heavy atom. The van der Waals surface area contributed by atoms with E-state index in [0.717, 1.165) is 30.2 Å². The van der Waals surface area contributed by atoms with Gasteiger partial charge in [-0.25, -0.2) is 4.79 Å². The number of halogens is 3. The second-order valence-electron chi connectivity index (χ2n) is 5.94. The molecule has 1 fully saturated rings. The number of anilines is 1. The predicted molar refractivity (Wildman–Crippen MR) is 104 cm³/mol. The molecular weight excluding hydrogens is 381 g/mol. The highest BCUT2D eigenvalue weighted by Crippen LogP contribution is 2.23. The summed E-state index contributed by atoms with van der Waals surface area (Å²) in [5.74, 6) is 0. The number of piperazine rings is 1. The van der Waals surface area contributed by atoms with Crippen molar-refractivity contribution in [2.75, 3.05) is 31.5 Å². The van der Waals surface area contributed by atoms with Gasteiger partial charge in [0.1, 0.15) is 0 Å². The van der Waals surface area contributed by atoms with E-state index in [2.05, 4.69) is 10.2 Å². The van der Waals surface area contributed by atoms with Crippen LogP contribution in [0.5, 0.6) is 0 Å². The van der Waals surface area contributed by atoms with Gasteiger partial charge in [-0.2, -0.15) is 0 Å². The molecule has 3 rings (SSSR count). The first kappa shape index (κ1) is 18.3. The average molecular weight is 399 g/mol. The van der Waals surface area contributed by atoms with Crippen LogP contribution < -0.4 is 5.32 Å². The van der Waals surface area contributed by atoms with Crippen LogP contribution in [-0.4, -0.2) is 42.0 Å². The second kappa shape index (κ2) is 8.28. The highest BCUT2D eigenvalue weighted by atomic mass is 35.5. The Morgan fingerprint density at radius 2 is 1.60 bits per heavy atom. The lowest BCUT2D eigenvalue weighted by Gasteiger charge is -2.34. The van der Waals surface area contributed by atoms with Crippen molar-refractivity contribution in [3.8, 4) is 0 Å². The van der Waals surface area contributed by atoms with Crippen molar-refractivity contribution in [2.24, 2.45) is 0 Å². The molecule has 2 amide bonds. The van der Waals surface area contributed by atoms with Crippen LogP contribution in [0.2, 0.25) is 15.1 Å².